The van der Waals surface area contributed by atoms with Crippen LogP contribution in [0.15, 0.2) is 53.5 Å². The third kappa shape index (κ3) is 4.12. The molecule has 26 heavy (non-hydrogen) atoms. The van der Waals surface area contributed by atoms with Gasteiger partial charge in [-0.3, -0.25) is 4.99 Å². The van der Waals surface area contributed by atoms with Crippen LogP contribution in [0.1, 0.15) is 50.5 Å². The van der Waals surface area contributed by atoms with Crippen LogP contribution in [0, 0.1) is 5.41 Å². The van der Waals surface area contributed by atoms with Crippen molar-refractivity contribution < 1.29 is 0 Å². The molecule has 1 heterocycles. The second-order valence-electron chi connectivity index (χ2n) is 7.88. The second kappa shape index (κ2) is 7.84. The third-order valence-corrected chi connectivity index (χ3v) is 6.40. The summed E-state index contributed by atoms with van der Waals surface area (Å²) in [5.74, 6) is 0. The highest BCUT2D eigenvalue weighted by atomic mass is 35.5. The highest BCUT2D eigenvalue weighted by molar-refractivity contribution is 6.30. The molecule has 2 nitrogen and oxygen atoms in total. The summed E-state index contributed by atoms with van der Waals surface area (Å²) in [7, 11) is 0. The van der Waals surface area contributed by atoms with E-state index in [1.807, 2.05) is 30.5 Å². The fourth-order valence-electron chi connectivity index (χ4n) is 4.52. The quantitative estimate of drug-likeness (QED) is 0.556. The maximum atomic E-state index is 6.01. The van der Waals surface area contributed by atoms with E-state index in [0.29, 0.717) is 5.41 Å². The number of piperidine rings is 1. The summed E-state index contributed by atoms with van der Waals surface area (Å²) in [6.07, 6.45) is 11.9. The molecule has 0 unspecified atom stereocenters. The van der Waals surface area contributed by atoms with Gasteiger partial charge >= 0.3 is 0 Å². The van der Waals surface area contributed by atoms with Gasteiger partial charge in [-0.2, -0.15) is 0 Å². The lowest BCUT2D eigenvalue weighted by atomic mass is 9.68. The highest BCUT2D eigenvalue weighted by Gasteiger charge is 2.35. The van der Waals surface area contributed by atoms with Crippen LogP contribution in [0.5, 0.6) is 0 Å². The molecule has 1 spiro atoms. The number of benzene rings is 2. The van der Waals surface area contributed by atoms with Crippen LogP contribution in [0.2, 0.25) is 5.02 Å². The summed E-state index contributed by atoms with van der Waals surface area (Å²) in [6.45, 7) is 2.41. The Labute approximate surface area is 161 Å². The second-order valence-corrected chi connectivity index (χ2v) is 8.31. The average Bonchev–Trinajstić information content (AvgIpc) is 2.68. The lowest BCUT2D eigenvalue weighted by Gasteiger charge is -2.45. The first-order valence-electron chi connectivity index (χ1n) is 9.87. The Morgan fingerprint density at radius 1 is 0.885 bits per heavy atom. The van der Waals surface area contributed by atoms with Gasteiger partial charge in [-0.15, -0.1) is 0 Å². The van der Waals surface area contributed by atoms with E-state index in [1.54, 1.807) is 0 Å². The Bertz CT molecular complexity index is 750. The zero-order chi connectivity index (χ0) is 17.8. The molecule has 1 saturated carbocycles. The molecule has 3 heteroatoms. The van der Waals surface area contributed by atoms with E-state index in [0.717, 1.165) is 16.3 Å². The summed E-state index contributed by atoms with van der Waals surface area (Å²) < 4.78 is 0. The molecule has 2 aromatic rings. The van der Waals surface area contributed by atoms with E-state index in [2.05, 4.69) is 34.2 Å². The molecule has 4 rings (SSSR count). The van der Waals surface area contributed by atoms with Gasteiger partial charge in [0, 0.05) is 30.0 Å². The molecule has 0 radical (unpaired) electrons. The molecule has 0 atom stereocenters. The van der Waals surface area contributed by atoms with Crippen molar-refractivity contribution in [3.8, 4) is 0 Å². The van der Waals surface area contributed by atoms with Gasteiger partial charge in [0.2, 0.25) is 0 Å². The molecule has 2 fully saturated rings. The molecular formula is C23H27ClN2. The standard InChI is InChI=1S/C23H27ClN2/c24-20-5-4-6-21(17-20)25-18-19-7-9-22(10-8-19)26-15-13-23(14-16-26)11-2-1-3-12-23/h4-10,17-18H,1-3,11-16H2. The SMILES string of the molecule is Clc1cccc(N=Cc2ccc(N3CCC4(CCCCC4)CC3)cc2)c1. The minimum atomic E-state index is 0.665. The minimum Gasteiger partial charge on any atom is -0.371 e. The van der Waals surface area contributed by atoms with Crippen molar-refractivity contribution in [3.05, 3.63) is 59.1 Å². The summed E-state index contributed by atoms with van der Waals surface area (Å²) >= 11 is 6.01. The molecule has 2 aromatic carbocycles. The van der Waals surface area contributed by atoms with Crippen molar-refractivity contribution in [2.75, 3.05) is 18.0 Å². The van der Waals surface area contributed by atoms with Gasteiger partial charge in [0.1, 0.15) is 0 Å². The molecule has 136 valence electrons. The van der Waals surface area contributed by atoms with Crippen LogP contribution < -0.4 is 4.90 Å². The number of halogens is 1. The largest absolute Gasteiger partial charge is 0.371 e. The predicted octanol–water partition coefficient (Wildman–Crippen LogP) is 6.64. The van der Waals surface area contributed by atoms with Gasteiger partial charge in [0.15, 0.2) is 0 Å². The predicted molar refractivity (Wildman–Crippen MR) is 112 cm³/mol. The number of anilines is 1. The molecule has 1 saturated heterocycles. The van der Waals surface area contributed by atoms with E-state index in [1.165, 1.54) is 63.7 Å². The zero-order valence-corrected chi connectivity index (χ0v) is 16.1. The Morgan fingerprint density at radius 3 is 2.31 bits per heavy atom. The fourth-order valence-corrected chi connectivity index (χ4v) is 4.70. The number of aliphatic imine (C=N–C) groups is 1. The first-order chi connectivity index (χ1) is 12.7. The van der Waals surface area contributed by atoms with Crippen molar-refractivity contribution >= 4 is 29.2 Å². The van der Waals surface area contributed by atoms with E-state index in [-0.39, 0.29) is 0 Å². The molecule has 1 aliphatic heterocycles. The summed E-state index contributed by atoms with van der Waals surface area (Å²) in [5.41, 5.74) is 4.01. The number of hydrogen-bond donors (Lipinski definition) is 0. The lowest BCUT2D eigenvalue weighted by molar-refractivity contribution is 0.144. The molecule has 2 aliphatic rings. The van der Waals surface area contributed by atoms with Crippen LogP contribution in [-0.2, 0) is 0 Å². The van der Waals surface area contributed by atoms with Crippen LogP contribution >= 0.6 is 11.6 Å². The number of hydrogen-bond acceptors (Lipinski definition) is 2. The molecule has 0 N–H and O–H groups in total. The molecular weight excluding hydrogens is 340 g/mol. The van der Waals surface area contributed by atoms with Crippen LogP contribution in [-0.4, -0.2) is 19.3 Å². The Hall–Kier alpha value is -1.80. The molecule has 1 aliphatic carbocycles. The maximum absolute atomic E-state index is 6.01. The van der Waals surface area contributed by atoms with Gasteiger partial charge in [-0.1, -0.05) is 49.1 Å². The van der Waals surface area contributed by atoms with Crippen molar-refractivity contribution in [1.82, 2.24) is 0 Å². The van der Waals surface area contributed by atoms with Crippen molar-refractivity contribution in [2.45, 2.75) is 44.9 Å². The minimum absolute atomic E-state index is 0.665. The zero-order valence-electron chi connectivity index (χ0n) is 15.3. The topological polar surface area (TPSA) is 15.6 Å². The third-order valence-electron chi connectivity index (χ3n) is 6.17. The van der Waals surface area contributed by atoms with Crippen LogP contribution in [0.25, 0.3) is 0 Å². The van der Waals surface area contributed by atoms with E-state index in [9.17, 15) is 0 Å². The van der Waals surface area contributed by atoms with Crippen LogP contribution in [0.3, 0.4) is 0 Å². The van der Waals surface area contributed by atoms with Gasteiger partial charge in [0.05, 0.1) is 5.69 Å². The fraction of sp³-hybridized carbons (Fsp3) is 0.435. The average molecular weight is 367 g/mol. The van der Waals surface area contributed by atoms with Crippen molar-refractivity contribution in [1.29, 1.82) is 0 Å². The summed E-state index contributed by atoms with van der Waals surface area (Å²) in [6, 6.07) is 16.4. The normalized spacial score (nSPS) is 20.0. The van der Waals surface area contributed by atoms with Crippen molar-refractivity contribution in [2.24, 2.45) is 10.4 Å². The summed E-state index contributed by atoms with van der Waals surface area (Å²) in [4.78, 5) is 7.07. The maximum Gasteiger partial charge on any atom is 0.0644 e. The Balaban J connectivity index is 1.37. The number of rotatable bonds is 3. The molecule has 0 bridgehead atoms. The van der Waals surface area contributed by atoms with E-state index < -0.39 is 0 Å². The highest BCUT2D eigenvalue weighted by Crippen LogP contribution is 2.45. The van der Waals surface area contributed by atoms with E-state index >= 15 is 0 Å². The van der Waals surface area contributed by atoms with Gasteiger partial charge in [-0.25, -0.2) is 0 Å². The lowest BCUT2D eigenvalue weighted by Crippen LogP contribution is -2.41. The van der Waals surface area contributed by atoms with E-state index in [4.69, 9.17) is 11.6 Å². The van der Waals surface area contributed by atoms with Crippen molar-refractivity contribution in [3.63, 3.8) is 0 Å². The van der Waals surface area contributed by atoms with Gasteiger partial charge < -0.3 is 4.90 Å². The van der Waals surface area contributed by atoms with Crippen LogP contribution in [0.4, 0.5) is 11.4 Å². The number of nitrogens with zero attached hydrogens (tertiary/aromatic N) is 2. The summed E-state index contributed by atoms with van der Waals surface area (Å²) in [5, 5.41) is 0.718. The van der Waals surface area contributed by atoms with Gasteiger partial charge in [0.25, 0.3) is 0 Å². The molecule has 0 amide bonds. The smallest absolute Gasteiger partial charge is 0.0644 e. The Kier molecular flexibility index (Phi) is 5.31. The Morgan fingerprint density at radius 2 is 1.62 bits per heavy atom. The molecule has 0 aromatic heterocycles. The monoisotopic (exact) mass is 366 g/mol. The first-order valence-corrected chi connectivity index (χ1v) is 10.3. The van der Waals surface area contributed by atoms with Gasteiger partial charge in [-0.05, 0) is 67.0 Å². The first kappa shape index (κ1) is 17.6.